The average molecular weight is 484 g/mol. The maximum absolute atomic E-state index is 13.6. The lowest BCUT2D eigenvalue weighted by atomic mass is 9.91. The molecule has 3 aromatic rings. The smallest absolute Gasteiger partial charge is 0.257 e. The zero-order valence-electron chi connectivity index (χ0n) is 19.4. The Morgan fingerprint density at radius 3 is 2.21 bits per heavy atom. The van der Waals surface area contributed by atoms with Crippen LogP contribution in [0.4, 0.5) is 10.1 Å². The number of hydrogen-bond donors (Lipinski definition) is 1. The van der Waals surface area contributed by atoms with Crippen LogP contribution in [0.2, 0.25) is 0 Å². The van der Waals surface area contributed by atoms with E-state index in [0.717, 1.165) is 61.7 Å². The van der Waals surface area contributed by atoms with E-state index in [2.05, 4.69) is 46.5 Å². The van der Waals surface area contributed by atoms with Gasteiger partial charge in [-0.15, -0.1) is 12.4 Å². The summed E-state index contributed by atoms with van der Waals surface area (Å²) in [6.07, 6.45) is 3.75. The van der Waals surface area contributed by atoms with E-state index in [-0.39, 0.29) is 24.1 Å². The molecule has 2 fully saturated rings. The minimum absolute atomic E-state index is 0. The van der Waals surface area contributed by atoms with Crippen molar-refractivity contribution in [3.63, 3.8) is 0 Å². The highest BCUT2D eigenvalue weighted by Gasteiger charge is 2.30. The molecule has 180 valence electrons. The third kappa shape index (κ3) is 4.95. The van der Waals surface area contributed by atoms with Crippen molar-refractivity contribution >= 4 is 24.0 Å². The van der Waals surface area contributed by atoms with E-state index >= 15 is 0 Å². The second kappa shape index (κ2) is 10.6. The van der Waals surface area contributed by atoms with Crippen LogP contribution < -0.4 is 10.2 Å². The molecule has 0 unspecified atom stereocenters. The van der Waals surface area contributed by atoms with Gasteiger partial charge in [0.25, 0.3) is 5.91 Å². The standard InChI is InChI=1S/C26H30FN5O.ClH/c1-19-2-6-23(7-3-19)32-25(20-10-12-28-13-11-20)24(18-29-32)26(33)31-16-14-30(15-17-31)22-8-4-21(27)5-9-22;/h2-9,18,20,28H,10-17H2,1H3;1H. The summed E-state index contributed by atoms with van der Waals surface area (Å²) in [4.78, 5) is 17.8. The number of aryl methyl sites for hydroxylation is 1. The zero-order chi connectivity index (χ0) is 22.8. The largest absolute Gasteiger partial charge is 0.368 e. The number of rotatable bonds is 4. The number of benzene rings is 2. The number of halogens is 2. The molecule has 0 radical (unpaired) electrons. The van der Waals surface area contributed by atoms with Crippen LogP contribution in [0.15, 0.2) is 54.7 Å². The number of nitrogens with zero attached hydrogens (tertiary/aromatic N) is 4. The molecule has 2 aromatic carbocycles. The van der Waals surface area contributed by atoms with Crippen LogP contribution in [-0.2, 0) is 0 Å². The van der Waals surface area contributed by atoms with Crippen LogP contribution in [0.5, 0.6) is 0 Å². The molecular weight excluding hydrogens is 453 g/mol. The van der Waals surface area contributed by atoms with Crippen molar-refractivity contribution in [2.75, 3.05) is 44.2 Å². The minimum atomic E-state index is -0.233. The second-order valence-corrected chi connectivity index (χ2v) is 8.97. The normalized spacial score (nSPS) is 16.9. The molecule has 34 heavy (non-hydrogen) atoms. The van der Waals surface area contributed by atoms with Gasteiger partial charge in [0.15, 0.2) is 0 Å². The molecule has 2 aliphatic heterocycles. The van der Waals surface area contributed by atoms with E-state index in [1.165, 1.54) is 17.7 Å². The first-order valence-corrected chi connectivity index (χ1v) is 11.8. The first-order valence-electron chi connectivity index (χ1n) is 11.8. The molecule has 3 heterocycles. The molecule has 5 rings (SSSR count). The number of carbonyl (C=O) groups excluding carboxylic acids is 1. The molecule has 0 spiro atoms. The van der Waals surface area contributed by atoms with E-state index < -0.39 is 0 Å². The number of aromatic nitrogens is 2. The summed E-state index contributed by atoms with van der Waals surface area (Å²) in [5.74, 6) is 0.124. The Labute approximate surface area is 206 Å². The minimum Gasteiger partial charge on any atom is -0.368 e. The van der Waals surface area contributed by atoms with Crippen molar-refractivity contribution in [2.24, 2.45) is 0 Å². The Kier molecular flexibility index (Phi) is 7.54. The maximum atomic E-state index is 13.6. The third-order valence-electron chi connectivity index (χ3n) is 6.80. The number of hydrogen-bond acceptors (Lipinski definition) is 4. The number of piperazine rings is 1. The molecule has 1 aromatic heterocycles. The van der Waals surface area contributed by atoms with Crippen LogP contribution in [0, 0.1) is 12.7 Å². The summed E-state index contributed by atoms with van der Waals surface area (Å²) in [7, 11) is 0. The summed E-state index contributed by atoms with van der Waals surface area (Å²) >= 11 is 0. The number of carbonyl (C=O) groups is 1. The summed E-state index contributed by atoms with van der Waals surface area (Å²) in [5.41, 5.74) is 4.94. The molecule has 1 N–H and O–H groups in total. The highest BCUT2D eigenvalue weighted by molar-refractivity contribution is 5.95. The van der Waals surface area contributed by atoms with Crippen molar-refractivity contribution in [3.05, 3.63) is 77.4 Å². The lowest BCUT2D eigenvalue weighted by molar-refractivity contribution is 0.0744. The van der Waals surface area contributed by atoms with Gasteiger partial charge in [0, 0.05) is 37.8 Å². The van der Waals surface area contributed by atoms with Crippen LogP contribution >= 0.6 is 12.4 Å². The zero-order valence-corrected chi connectivity index (χ0v) is 20.2. The molecule has 0 saturated carbocycles. The molecule has 1 amide bonds. The number of anilines is 1. The van der Waals surface area contributed by atoms with E-state index in [0.29, 0.717) is 19.0 Å². The van der Waals surface area contributed by atoms with Gasteiger partial charge in [-0.2, -0.15) is 5.10 Å². The summed E-state index contributed by atoms with van der Waals surface area (Å²) < 4.78 is 15.2. The molecule has 6 nitrogen and oxygen atoms in total. The van der Waals surface area contributed by atoms with Gasteiger partial charge < -0.3 is 15.1 Å². The van der Waals surface area contributed by atoms with Gasteiger partial charge in [0.05, 0.1) is 23.1 Å². The predicted molar refractivity (Wildman–Crippen MR) is 135 cm³/mol. The second-order valence-electron chi connectivity index (χ2n) is 8.97. The van der Waals surface area contributed by atoms with E-state index in [9.17, 15) is 9.18 Å². The molecule has 0 atom stereocenters. The highest BCUT2D eigenvalue weighted by Crippen LogP contribution is 2.31. The van der Waals surface area contributed by atoms with Gasteiger partial charge in [0.1, 0.15) is 5.82 Å². The Balaban J connectivity index is 0.00000274. The lowest BCUT2D eigenvalue weighted by Gasteiger charge is -2.36. The van der Waals surface area contributed by atoms with Gasteiger partial charge >= 0.3 is 0 Å². The topological polar surface area (TPSA) is 53.4 Å². The average Bonchev–Trinajstić information content (AvgIpc) is 3.30. The van der Waals surface area contributed by atoms with E-state index in [4.69, 9.17) is 0 Å². The molecule has 8 heteroatoms. The Morgan fingerprint density at radius 2 is 1.56 bits per heavy atom. The van der Waals surface area contributed by atoms with E-state index in [1.807, 2.05) is 9.58 Å². The van der Waals surface area contributed by atoms with Crippen LogP contribution in [-0.4, -0.2) is 59.9 Å². The van der Waals surface area contributed by atoms with Crippen molar-refractivity contribution in [1.29, 1.82) is 0 Å². The number of piperidine rings is 1. The third-order valence-corrected chi connectivity index (χ3v) is 6.80. The van der Waals surface area contributed by atoms with Crippen molar-refractivity contribution < 1.29 is 9.18 Å². The fraction of sp³-hybridized carbons (Fsp3) is 0.385. The Hall–Kier alpha value is -2.90. The summed E-state index contributed by atoms with van der Waals surface area (Å²) in [6, 6.07) is 14.9. The lowest BCUT2D eigenvalue weighted by Crippen LogP contribution is -2.49. The van der Waals surface area contributed by atoms with Gasteiger partial charge in [-0.25, -0.2) is 9.07 Å². The molecule has 0 bridgehead atoms. The predicted octanol–water partition coefficient (Wildman–Crippen LogP) is 4.17. The van der Waals surface area contributed by atoms with Crippen LogP contribution in [0.1, 0.15) is 40.4 Å². The Morgan fingerprint density at radius 1 is 0.941 bits per heavy atom. The molecule has 0 aliphatic carbocycles. The fourth-order valence-electron chi connectivity index (χ4n) is 4.89. The van der Waals surface area contributed by atoms with Crippen molar-refractivity contribution in [2.45, 2.75) is 25.7 Å². The van der Waals surface area contributed by atoms with Crippen molar-refractivity contribution in [1.82, 2.24) is 20.0 Å². The molecule has 2 saturated heterocycles. The number of nitrogens with one attached hydrogen (secondary N) is 1. The van der Waals surface area contributed by atoms with Gasteiger partial charge in [-0.3, -0.25) is 4.79 Å². The van der Waals surface area contributed by atoms with Gasteiger partial charge in [-0.1, -0.05) is 17.7 Å². The molecule has 2 aliphatic rings. The van der Waals surface area contributed by atoms with Gasteiger partial charge in [0.2, 0.25) is 0 Å². The van der Waals surface area contributed by atoms with Crippen LogP contribution in [0.25, 0.3) is 5.69 Å². The summed E-state index contributed by atoms with van der Waals surface area (Å²) in [5, 5.41) is 8.11. The quantitative estimate of drug-likeness (QED) is 0.605. The maximum Gasteiger partial charge on any atom is 0.257 e. The SMILES string of the molecule is Cc1ccc(-n2ncc(C(=O)N3CCN(c4ccc(F)cc4)CC3)c2C2CCNCC2)cc1.Cl. The van der Waals surface area contributed by atoms with Gasteiger partial charge in [-0.05, 0) is 69.3 Å². The van der Waals surface area contributed by atoms with E-state index in [1.54, 1.807) is 18.3 Å². The summed E-state index contributed by atoms with van der Waals surface area (Å²) in [6.45, 7) is 6.70. The first kappa shape index (κ1) is 24.2. The Bertz CT molecular complexity index is 1100. The van der Waals surface area contributed by atoms with Crippen LogP contribution in [0.3, 0.4) is 0 Å². The van der Waals surface area contributed by atoms with Crippen molar-refractivity contribution in [3.8, 4) is 5.69 Å². The highest BCUT2D eigenvalue weighted by atomic mass is 35.5. The molecular formula is C26H31ClFN5O. The first-order chi connectivity index (χ1) is 16.1. The monoisotopic (exact) mass is 483 g/mol. The number of amides is 1. The fourth-order valence-corrected chi connectivity index (χ4v) is 4.89.